The van der Waals surface area contributed by atoms with Gasteiger partial charge in [0, 0.05) is 0 Å². The maximum atomic E-state index is 2.33. The molecule has 12 heavy (non-hydrogen) atoms. The first-order chi connectivity index (χ1) is 5.80. The monoisotopic (exact) mass is 162 g/mol. The van der Waals surface area contributed by atoms with Gasteiger partial charge in [-0.15, -0.1) is 0 Å². The lowest BCUT2D eigenvalue weighted by atomic mass is 9.91. The summed E-state index contributed by atoms with van der Waals surface area (Å²) >= 11 is 0. The van der Waals surface area contributed by atoms with Gasteiger partial charge in [-0.3, -0.25) is 0 Å². The van der Waals surface area contributed by atoms with Gasteiger partial charge in [-0.05, 0) is 24.7 Å². The molecule has 0 aliphatic heterocycles. The van der Waals surface area contributed by atoms with Gasteiger partial charge in [0.25, 0.3) is 0 Å². The van der Waals surface area contributed by atoms with E-state index in [2.05, 4.69) is 50.3 Å². The van der Waals surface area contributed by atoms with E-state index >= 15 is 0 Å². The predicted molar refractivity (Wildman–Crippen MR) is 55.0 cm³/mol. The number of allylic oxidation sites excluding steroid dienone is 6. The van der Waals surface area contributed by atoms with Crippen LogP contribution < -0.4 is 0 Å². The molecule has 0 nitrogen and oxygen atoms in total. The second-order valence-electron chi connectivity index (χ2n) is 3.61. The summed E-state index contributed by atoms with van der Waals surface area (Å²) in [5.74, 6) is 1.51. The Labute approximate surface area is 75.7 Å². The van der Waals surface area contributed by atoms with Crippen LogP contribution >= 0.6 is 0 Å². The highest BCUT2D eigenvalue weighted by molar-refractivity contribution is 5.12. The second kappa shape index (κ2) is 4.97. The van der Waals surface area contributed by atoms with Crippen LogP contribution in [-0.2, 0) is 0 Å². The van der Waals surface area contributed by atoms with Crippen LogP contribution in [0.2, 0.25) is 0 Å². The van der Waals surface area contributed by atoms with Crippen LogP contribution in [0.5, 0.6) is 0 Å². The molecule has 0 bridgehead atoms. The fraction of sp³-hybridized carbons (Fsp3) is 0.500. The number of hydrogen-bond donors (Lipinski definition) is 0. The van der Waals surface area contributed by atoms with Crippen LogP contribution in [0.3, 0.4) is 0 Å². The summed E-state index contributed by atoms with van der Waals surface area (Å²) in [6.07, 6.45) is 15.5. The van der Waals surface area contributed by atoms with Gasteiger partial charge in [0.05, 0.1) is 0 Å². The lowest BCUT2D eigenvalue weighted by Gasteiger charge is -2.15. The fourth-order valence-corrected chi connectivity index (χ4v) is 1.35. The number of rotatable bonds is 0. The van der Waals surface area contributed by atoms with Crippen molar-refractivity contribution in [1.29, 1.82) is 0 Å². The van der Waals surface area contributed by atoms with E-state index < -0.39 is 0 Å². The zero-order valence-electron chi connectivity index (χ0n) is 8.03. The van der Waals surface area contributed by atoms with Crippen LogP contribution in [0.1, 0.15) is 26.7 Å². The van der Waals surface area contributed by atoms with Crippen molar-refractivity contribution in [2.45, 2.75) is 26.7 Å². The fourth-order valence-electron chi connectivity index (χ4n) is 1.35. The maximum Gasteiger partial charge on any atom is -0.0233 e. The minimum Gasteiger partial charge on any atom is -0.0845 e. The lowest BCUT2D eigenvalue weighted by molar-refractivity contribution is 0.431. The van der Waals surface area contributed by atoms with Crippen LogP contribution in [-0.4, -0.2) is 0 Å². The van der Waals surface area contributed by atoms with Crippen molar-refractivity contribution in [3.63, 3.8) is 0 Å². The van der Waals surface area contributed by atoms with E-state index in [1.165, 1.54) is 12.8 Å². The van der Waals surface area contributed by atoms with Gasteiger partial charge in [0.15, 0.2) is 0 Å². The molecule has 0 amide bonds. The molecule has 0 aromatic rings. The Kier molecular flexibility index (Phi) is 3.86. The Morgan fingerprint density at radius 2 is 1.75 bits per heavy atom. The third-order valence-electron chi connectivity index (χ3n) is 2.57. The Bertz CT molecular complexity index is 196. The largest absolute Gasteiger partial charge is 0.0845 e. The van der Waals surface area contributed by atoms with Crippen molar-refractivity contribution in [2.24, 2.45) is 11.8 Å². The van der Waals surface area contributed by atoms with Crippen molar-refractivity contribution in [3.8, 4) is 0 Å². The molecule has 0 heterocycles. The van der Waals surface area contributed by atoms with Gasteiger partial charge in [-0.2, -0.15) is 0 Å². The summed E-state index contributed by atoms with van der Waals surface area (Å²) < 4.78 is 0. The number of hydrogen-bond acceptors (Lipinski definition) is 0. The quantitative estimate of drug-likeness (QED) is 0.509. The third kappa shape index (κ3) is 3.08. The molecule has 1 rings (SSSR count). The normalized spacial score (nSPS) is 38.5. The molecule has 66 valence electrons. The van der Waals surface area contributed by atoms with Gasteiger partial charge in [0.2, 0.25) is 0 Å². The average Bonchev–Trinajstić information content (AvgIpc) is 2.08. The molecule has 0 N–H and O–H groups in total. The first kappa shape index (κ1) is 9.31. The van der Waals surface area contributed by atoms with E-state index in [1.807, 2.05) is 0 Å². The highest BCUT2D eigenvalue weighted by Gasteiger charge is 2.07. The highest BCUT2D eigenvalue weighted by atomic mass is 14.1. The molecule has 1 aliphatic carbocycles. The van der Waals surface area contributed by atoms with E-state index in [4.69, 9.17) is 0 Å². The third-order valence-corrected chi connectivity index (χ3v) is 2.57. The van der Waals surface area contributed by atoms with E-state index in [0.717, 1.165) is 5.92 Å². The molecule has 2 atom stereocenters. The van der Waals surface area contributed by atoms with Crippen molar-refractivity contribution in [1.82, 2.24) is 0 Å². The van der Waals surface area contributed by atoms with Gasteiger partial charge >= 0.3 is 0 Å². The smallest absolute Gasteiger partial charge is 0.0233 e. The van der Waals surface area contributed by atoms with E-state index in [0.29, 0.717) is 5.92 Å². The molecule has 0 saturated heterocycles. The highest BCUT2D eigenvalue weighted by Crippen LogP contribution is 2.18. The molecular formula is C12H18. The first-order valence-corrected chi connectivity index (χ1v) is 4.80. The summed E-state index contributed by atoms with van der Waals surface area (Å²) in [5, 5.41) is 0. The molecule has 0 spiro atoms. The standard InChI is InChI=1S/C12H18/c1-11-9-7-5-3-4-6-8-10-12(11)2/h3-7,9,11-12H,8,10H2,1-2H3/b5-3-,6-4+,9-7-/t11-,12+/m1/s1. The molecule has 0 radical (unpaired) electrons. The van der Waals surface area contributed by atoms with Gasteiger partial charge in [-0.25, -0.2) is 0 Å². The molecule has 0 heteroatoms. The van der Waals surface area contributed by atoms with Crippen LogP contribution in [0, 0.1) is 11.8 Å². The topological polar surface area (TPSA) is 0 Å². The van der Waals surface area contributed by atoms with E-state index in [1.54, 1.807) is 0 Å². The van der Waals surface area contributed by atoms with E-state index in [9.17, 15) is 0 Å². The zero-order valence-corrected chi connectivity index (χ0v) is 8.03. The van der Waals surface area contributed by atoms with Crippen LogP contribution in [0.25, 0.3) is 0 Å². The molecule has 1 aliphatic rings. The van der Waals surface area contributed by atoms with Crippen molar-refractivity contribution in [2.75, 3.05) is 0 Å². The van der Waals surface area contributed by atoms with Crippen molar-refractivity contribution in [3.05, 3.63) is 36.5 Å². The minimum absolute atomic E-state index is 0.709. The Balaban J connectivity index is 2.60. The van der Waals surface area contributed by atoms with Crippen molar-refractivity contribution < 1.29 is 0 Å². The summed E-state index contributed by atoms with van der Waals surface area (Å²) in [7, 11) is 0. The summed E-state index contributed by atoms with van der Waals surface area (Å²) in [6, 6.07) is 0. The Morgan fingerprint density at radius 3 is 2.58 bits per heavy atom. The Hall–Kier alpha value is -0.780. The van der Waals surface area contributed by atoms with Gasteiger partial charge in [-0.1, -0.05) is 50.3 Å². The van der Waals surface area contributed by atoms with Crippen LogP contribution in [0.15, 0.2) is 36.5 Å². The molecule has 0 unspecified atom stereocenters. The summed E-state index contributed by atoms with van der Waals surface area (Å²) in [5.41, 5.74) is 0. The van der Waals surface area contributed by atoms with Gasteiger partial charge in [0.1, 0.15) is 0 Å². The Morgan fingerprint density at radius 1 is 1.00 bits per heavy atom. The minimum atomic E-state index is 0.709. The predicted octanol–water partition coefficient (Wildman–Crippen LogP) is 3.72. The molecule has 0 aromatic heterocycles. The summed E-state index contributed by atoms with van der Waals surface area (Å²) in [4.78, 5) is 0. The zero-order chi connectivity index (χ0) is 8.81. The second-order valence-corrected chi connectivity index (χ2v) is 3.61. The molecule has 0 aromatic carbocycles. The molecular weight excluding hydrogens is 144 g/mol. The SMILES string of the molecule is C[C@@H]1\C=C/C=C\C=C\CC[C@@H]1C. The van der Waals surface area contributed by atoms with Crippen LogP contribution in [0.4, 0.5) is 0 Å². The first-order valence-electron chi connectivity index (χ1n) is 4.80. The van der Waals surface area contributed by atoms with Crippen molar-refractivity contribution >= 4 is 0 Å². The average molecular weight is 162 g/mol. The molecule has 0 fully saturated rings. The summed E-state index contributed by atoms with van der Waals surface area (Å²) in [6.45, 7) is 4.62. The van der Waals surface area contributed by atoms with Gasteiger partial charge < -0.3 is 0 Å². The lowest BCUT2D eigenvalue weighted by Crippen LogP contribution is -2.04. The maximum absolute atomic E-state index is 2.33. The van der Waals surface area contributed by atoms with E-state index in [-0.39, 0.29) is 0 Å². The molecule has 0 saturated carbocycles.